The summed E-state index contributed by atoms with van der Waals surface area (Å²) in [5.74, 6) is -0.238. The normalized spacial score (nSPS) is 12.0. The third-order valence-corrected chi connectivity index (χ3v) is 3.76. The number of ether oxygens (including phenoxy) is 1. The average Bonchev–Trinajstić information content (AvgIpc) is 2.10. The van der Waals surface area contributed by atoms with Crippen LogP contribution in [0, 0.1) is 0 Å². The number of rotatable bonds is 3. The number of thioether (sulfide) groups is 1. The average molecular weight is 402 g/mol. The highest BCUT2D eigenvalue weighted by Gasteiger charge is 2.30. The van der Waals surface area contributed by atoms with Crippen LogP contribution in [-0.4, -0.2) is 12.1 Å². The number of halogens is 7. The fourth-order valence-corrected chi connectivity index (χ4v) is 2.64. The first-order valence-corrected chi connectivity index (χ1v) is 6.29. The van der Waals surface area contributed by atoms with Crippen LogP contribution in [0.5, 0.6) is 5.75 Å². The summed E-state index contributed by atoms with van der Waals surface area (Å²) in [7, 11) is 0. The van der Waals surface area contributed by atoms with Crippen molar-refractivity contribution < 1.29 is 26.7 Å². The fraction of sp³-hybridized carbons (Fsp3) is 0.250. The topological polar surface area (TPSA) is 9.23 Å². The minimum Gasteiger partial charge on any atom is -0.434 e. The van der Waals surface area contributed by atoms with Crippen molar-refractivity contribution in [2.24, 2.45) is 0 Å². The lowest BCUT2D eigenvalue weighted by Gasteiger charge is -2.11. The molecule has 96 valence electrons. The van der Waals surface area contributed by atoms with E-state index in [4.69, 9.17) is 0 Å². The van der Waals surface area contributed by atoms with Crippen molar-refractivity contribution in [3.8, 4) is 5.75 Å². The maximum atomic E-state index is 12.1. The van der Waals surface area contributed by atoms with E-state index in [-0.39, 0.29) is 31.4 Å². The maximum absolute atomic E-state index is 12.1. The molecule has 0 atom stereocenters. The van der Waals surface area contributed by atoms with Crippen LogP contribution in [0.4, 0.5) is 22.0 Å². The molecule has 0 fully saturated rings. The second kappa shape index (κ2) is 5.75. The summed E-state index contributed by atoms with van der Waals surface area (Å²) in [4.78, 5) is -0.147. The van der Waals surface area contributed by atoms with Crippen molar-refractivity contribution in [2.75, 3.05) is 0 Å². The van der Waals surface area contributed by atoms with E-state index in [0.29, 0.717) is 0 Å². The highest BCUT2D eigenvalue weighted by atomic mass is 79.9. The van der Waals surface area contributed by atoms with Gasteiger partial charge >= 0.3 is 12.1 Å². The molecule has 1 aromatic rings. The highest BCUT2D eigenvalue weighted by Crippen LogP contribution is 2.43. The molecule has 1 rings (SSSR count). The van der Waals surface area contributed by atoms with Gasteiger partial charge in [0.25, 0.3) is 0 Å². The third-order valence-electron chi connectivity index (χ3n) is 1.43. The number of alkyl halides is 5. The molecule has 17 heavy (non-hydrogen) atoms. The van der Waals surface area contributed by atoms with Crippen LogP contribution in [0.25, 0.3) is 0 Å². The van der Waals surface area contributed by atoms with Gasteiger partial charge in [-0.25, -0.2) is 0 Å². The van der Waals surface area contributed by atoms with E-state index >= 15 is 0 Å². The van der Waals surface area contributed by atoms with Gasteiger partial charge in [0.15, 0.2) is 0 Å². The van der Waals surface area contributed by atoms with E-state index in [0.717, 1.165) is 12.1 Å². The van der Waals surface area contributed by atoms with Crippen LogP contribution in [0.15, 0.2) is 26.0 Å². The van der Waals surface area contributed by atoms with E-state index in [1.165, 1.54) is 0 Å². The van der Waals surface area contributed by atoms with Gasteiger partial charge in [0.1, 0.15) is 5.75 Å². The Bertz CT molecular complexity index is 410. The van der Waals surface area contributed by atoms with E-state index in [1.54, 1.807) is 0 Å². The highest BCUT2D eigenvalue weighted by molar-refractivity contribution is 9.11. The van der Waals surface area contributed by atoms with Gasteiger partial charge in [-0.3, -0.25) is 0 Å². The van der Waals surface area contributed by atoms with Gasteiger partial charge in [-0.05, 0) is 55.8 Å². The smallest absolute Gasteiger partial charge is 0.434 e. The third kappa shape index (κ3) is 5.01. The first-order valence-electron chi connectivity index (χ1n) is 3.88. The van der Waals surface area contributed by atoms with Crippen molar-refractivity contribution >= 4 is 43.6 Å². The van der Waals surface area contributed by atoms with Gasteiger partial charge in [0.05, 0.1) is 4.47 Å². The van der Waals surface area contributed by atoms with Crippen LogP contribution in [0.2, 0.25) is 0 Å². The Morgan fingerprint density at radius 3 is 2.18 bits per heavy atom. The number of hydrogen-bond donors (Lipinski definition) is 0. The Labute approximate surface area is 114 Å². The second-order valence-corrected chi connectivity index (χ2v) is 5.45. The summed E-state index contributed by atoms with van der Waals surface area (Å²) in [6, 6.07) is 2.10. The van der Waals surface area contributed by atoms with Gasteiger partial charge in [-0.1, -0.05) is 0 Å². The Morgan fingerprint density at radius 2 is 1.71 bits per heavy atom. The molecule has 0 saturated heterocycles. The van der Waals surface area contributed by atoms with E-state index < -0.39 is 12.1 Å². The summed E-state index contributed by atoms with van der Waals surface area (Å²) in [6.07, 6.45) is 0. The van der Waals surface area contributed by atoms with Gasteiger partial charge in [0.2, 0.25) is 0 Å². The lowest BCUT2D eigenvalue weighted by Crippen LogP contribution is -2.03. The minimum absolute atomic E-state index is 0.0211. The predicted molar refractivity (Wildman–Crippen MR) is 60.4 cm³/mol. The molecule has 0 unspecified atom stereocenters. The quantitative estimate of drug-likeness (QED) is 0.493. The standard InChI is InChI=1S/C8H3Br2F5OS/c9-3-2-6(17-8(13,14)15)4(10)1-5(3)16-7(11)12/h1-2,7H. The van der Waals surface area contributed by atoms with Crippen LogP contribution in [-0.2, 0) is 0 Å². The molecule has 0 aliphatic heterocycles. The Balaban J connectivity index is 3.01. The van der Waals surface area contributed by atoms with Gasteiger partial charge < -0.3 is 4.74 Å². The Hall–Kier alpha value is -0.0200. The molecule has 0 bridgehead atoms. The first kappa shape index (κ1) is 15.0. The van der Waals surface area contributed by atoms with Gasteiger partial charge in [-0.2, -0.15) is 22.0 Å². The largest absolute Gasteiger partial charge is 0.446 e. The zero-order valence-corrected chi connectivity index (χ0v) is 11.7. The molecule has 0 aliphatic carbocycles. The Kier molecular flexibility index (Phi) is 5.08. The van der Waals surface area contributed by atoms with Crippen LogP contribution in [0.3, 0.4) is 0 Å². The monoisotopic (exact) mass is 400 g/mol. The molecule has 0 saturated carbocycles. The van der Waals surface area contributed by atoms with Crippen LogP contribution in [0.1, 0.15) is 0 Å². The molecule has 0 heterocycles. The van der Waals surface area contributed by atoms with Crippen LogP contribution < -0.4 is 4.74 Å². The molecule has 0 spiro atoms. The molecule has 9 heteroatoms. The molecule has 0 aromatic heterocycles. The molecular formula is C8H3Br2F5OS. The zero-order chi connectivity index (χ0) is 13.2. The van der Waals surface area contributed by atoms with Crippen molar-refractivity contribution in [3.63, 3.8) is 0 Å². The summed E-state index contributed by atoms with van der Waals surface area (Å²) < 4.78 is 64.5. The van der Waals surface area contributed by atoms with E-state index in [1.807, 2.05) is 0 Å². The maximum Gasteiger partial charge on any atom is 0.446 e. The van der Waals surface area contributed by atoms with Crippen molar-refractivity contribution in [2.45, 2.75) is 17.0 Å². The fourth-order valence-electron chi connectivity index (χ4n) is 0.900. The summed E-state index contributed by atoms with van der Waals surface area (Å²) >= 11 is 5.36. The Morgan fingerprint density at radius 1 is 1.12 bits per heavy atom. The molecule has 0 radical (unpaired) electrons. The zero-order valence-electron chi connectivity index (χ0n) is 7.69. The van der Waals surface area contributed by atoms with Gasteiger partial charge in [-0.15, -0.1) is 0 Å². The molecule has 1 aromatic carbocycles. The van der Waals surface area contributed by atoms with E-state index in [9.17, 15) is 22.0 Å². The molecule has 0 aliphatic rings. The van der Waals surface area contributed by atoms with Crippen LogP contribution >= 0.6 is 43.6 Å². The van der Waals surface area contributed by atoms with E-state index in [2.05, 4.69) is 36.6 Å². The van der Waals surface area contributed by atoms with Gasteiger partial charge in [0, 0.05) is 9.37 Å². The SMILES string of the molecule is FC(F)Oc1cc(Br)c(SC(F)(F)F)cc1Br. The molecular weight excluding hydrogens is 399 g/mol. The molecule has 0 N–H and O–H groups in total. The number of benzene rings is 1. The number of hydrogen-bond acceptors (Lipinski definition) is 2. The molecule has 0 amide bonds. The second-order valence-electron chi connectivity index (χ2n) is 2.64. The predicted octanol–water partition coefficient (Wildman–Crippen LogP) is 5.42. The van der Waals surface area contributed by atoms with Crippen molar-refractivity contribution in [1.82, 2.24) is 0 Å². The van der Waals surface area contributed by atoms with Crippen molar-refractivity contribution in [3.05, 3.63) is 21.1 Å². The van der Waals surface area contributed by atoms with Crippen molar-refractivity contribution in [1.29, 1.82) is 0 Å². The lowest BCUT2D eigenvalue weighted by atomic mass is 10.3. The lowest BCUT2D eigenvalue weighted by molar-refractivity contribution is -0.0505. The molecule has 1 nitrogen and oxygen atoms in total. The minimum atomic E-state index is -4.45. The summed E-state index contributed by atoms with van der Waals surface area (Å²) in [5, 5.41) is 0. The summed E-state index contributed by atoms with van der Waals surface area (Å²) in [6.45, 7) is -3.04. The summed E-state index contributed by atoms with van der Waals surface area (Å²) in [5.41, 5.74) is -4.45. The first-order chi connectivity index (χ1) is 7.69.